The molecule has 4 heteroatoms. The largest absolute Gasteiger partial charge is 0.388 e. The van der Waals surface area contributed by atoms with Gasteiger partial charge in [-0.1, -0.05) is 18.0 Å². The predicted molar refractivity (Wildman–Crippen MR) is 55.5 cm³/mol. The summed E-state index contributed by atoms with van der Waals surface area (Å²) in [7, 11) is 0. The zero-order valence-electron chi connectivity index (χ0n) is 8.81. The van der Waals surface area contributed by atoms with E-state index >= 15 is 0 Å². The second-order valence-corrected chi connectivity index (χ2v) is 3.77. The quantitative estimate of drug-likeness (QED) is 0.636. The fraction of sp³-hybridized carbons (Fsp3) is 0.727. The van der Waals surface area contributed by atoms with E-state index in [4.69, 9.17) is 20.7 Å². The van der Waals surface area contributed by atoms with Crippen LogP contribution in [-0.2, 0) is 14.3 Å². The molecule has 0 aromatic carbocycles. The highest BCUT2D eigenvalue weighted by molar-refractivity contribution is 6.00. The molecule has 2 aliphatic heterocycles. The topological polar surface area (TPSA) is 40.0 Å². The van der Waals surface area contributed by atoms with Gasteiger partial charge in [0.2, 0.25) is 0 Å². The first-order chi connectivity index (χ1) is 7.33. The van der Waals surface area contributed by atoms with Crippen molar-refractivity contribution in [1.29, 1.82) is 0 Å². The van der Waals surface area contributed by atoms with Crippen molar-refractivity contribution in [3.05, 3.63) is 0 Å². The van der Waals surface area contributed by atoms with Crippen molar-refractivity contribution in [2.75, 3.05) is 13.2 Å². The molecule has 2 aliphatic rings. The summed E-state index contributed by atoms with van der Waals surface area (Å²) in [6.07, 6.45) is 6.97. The van der Waals surface area contributed by atoms with Crippen LogP contribution in [0.4, 0.5) is 0 Å². The predicted octanol–water partition coefficient (Wildman–Crippen LogP) is 0.959. The summed E-state index contributed by atoms with van der Waals surface area (Å²) < 4.78 is 11.3. The molecule has 0 radical (unpaired) electrons. The molecule has 0 spiro atoms. The van der Waals surface area contributed by atoms with Crippen LogP contribution in [0.15, 0.2) is 5.16 Å². The van der Waals surface area contributed by atoms with Crippen molar-refractivity contribution in [2.45, 2.75) is 38.1 Å². The smallest absolute Gasteiger partial charge is 0.162 e. The molecule has 1 fully saturated rings. The van der Waals surface area contributed by atoms with Gasteiger partial charge in [-0.25, -0.2) is 0 Å². The van der Waals surface area contributed by atoms with Crippen molar-refractivity contribution < 1.29 is 14.3 Å². The summed E-state index contributed by atoms with van der Waals surface area (Å²) in [6, 6.07) is 0. The maximum Gasteiger partial charge on any atom is 0.162 e. The first-order valence-electron chi connectivity index (χ1n) is 5.26. The van der Waals surface area contributed by atoms with Crippen LogP contribution in [0.2, 0.25) is 0 Å². The third-order valence-electron chi connectivity index (χ3n) is 2.72. The van der Waals surface area contributed by atoms with Gasteiger partial charge in [0.1, 0.15) is 11.8 Å². The zero-order valence-corrected chi connectivity index (χ0v) is 8.81. The van der Waals surface area contributed by atoms with E-state index in [1.165, 1.54) is 0 Å². The minimum Gasteiger partial charge on any atom is -0.388 e. The highest BCUT2D eigenvalue weighted by Crippen LogP contribution is 2.20. The van der Waals surface area contributed by atoms with Gasteiger partial charge < -0.3 is 14.3 Å². The van der Waals surface area contributed by atoms with Gasteiger partial charge in [-0.2, -0.15) is 0 Å². The maximum absolute atomic E-state index is 5.67. The molecule has 4 nitrogen and oxygen atoms in total. The van der Waals surface area contributed by atoms with Gasteiger partial charge in [-0.15, -0.1) is 6.42 Å². The Kier molecular flexibility index (Phi) is 3.24. The molecule has 0 saturated carbocycles. The van der Waals surface area contributed by atoms with Crippen LogP contribution < -0.4 is 0 Å². The Morgan fingerprint density at radius 1 is 1.40 bits per heavy atom. The number of rotatable bonds is 2. The zero-order chi connectivity index (χ0) is 10.7. The summed E-state index contributed by atoms with van der Waals surface area (Å²) in [4.78, 5) is 5.21. The van der Waals surface area contributed by atoms with Gasteiger partial charge in [0.15, 0.2) is 6.10 Å². The average molecular weight is 209 g/mol. The Morgan fingerprint density at radius 3 is 2.80 bits per heavy atom. The Balaban J connectivity index is 1.81. The monoisotopic (exact) mass is 209 g/mol. The van der Waals surface area contributed by atoms with Crippen molar-refractivity contribution in [3.8, 4) is 12.3 Å². The third-order valence-corrected chi connectivity index (χ3v) is 2.72. The highest BCUT2D eigenvalue weighted by atomic mass is 16.7. The van der Waals surface area contributed by atoms with Crippen LogP contribution in [0.5, 0.6) is 0 Å². The Hall–Kier alpha value is -1.05. The van der Waals surface area contributed by atoms with Crippen LogP contribution in [0.1, 0.15) is 19.8 Å². The lowest BCUT2D eigenvalue weighted by molar-refractivity contribution is -0.171. The van der Waals surface area contributed by atoms with Gasteiger partial charge in [-0.05, 0) is 6.42 Å². The molecular weight excluding hydrogens is 194 g/mol. The third kappa shape index (κ3) is 2.31. The molecule has 15 heavy (non-hydrogen) atoms. The maximum atomic E-state index is 5.67. The summed E-state index contributed by atoms with van der Waals surface area (Å²) in [5.74, 6) is 2.48. The van der Waals surface area contributed by atoms with Crippen LogP contribution in [0, 0.1) is 12.3 Å². The molecule has 0 aromatic rings. The lowest BCUT2D eigenvalue weighted by Gasteiger charge is -2.30. The normalized spacial score (nSPS) is 35.5. The summed E-state index contributed by atoms with van der Waals surface area (Å²) >= 11 is 0. The first kappa shape index (κ1) is 10.5. The number of terminal acetylenes is 1. The fourth-order valence-electron chi connectivity index (χ4n) is 1.69. The number of hydrogen-bond acceptors (Lipinski definition) is 4. The van der Waals surface area contributed by atoms with E-state index in [9.17, 15) is 0 Å². The molecule has 0 N–H and O–H groups in total. The average Bonchev–Trinajstić information content (AvgIpc) is 2.78. The van der Waals surface area contributed by atoms with Gasteiger partial charge in [0, 0.05) is 6.42 Å². The molecule has 0 aromatic heterocycles. The summed E-state index contributed by atoms with van der Waals surface area (Å²) in [6.45, 7) is 3.28. The van der Waals surface area contributed by atoms with Gasteiger partial charge in [0.25, 0.3) is 0 Å². The lowest BCUT2D eigenvalue weighted by Crippen LogP contribution is -2.42. The molecule has 1 saturated heterocycles. The number of oxime groups is 1. The highest BCUT2D eigenvalue weighted by Gasteiger charge is 2.33. The molecule has 3 atom stereocenters. The second-order valence-electron chi connectivity index (χ2n) is 3.77. The molecule has 0 aliphatic carbocycles. The standard InChI is InChI=1S/C11H15NO3/c1-3-8-5-10(15-12-8)11-7-13-9(4-2)6-14-11/h1,9-11H,4-7H2,2H3/t9-,10+,11-/m1/s1. The first-order valence-corrected chi connectivity index (χ1v) is 5.26. The molecule has 2 rings (SSSR count). The Morgan fingerprint density at radius 2 is 2.27 bits per heavy atom. The van der Waals surface area contributed by atoms with E-state index in [0.29, 0.717) is 25.3 Å². The van der Waals surface area contributed by atoms with Gasteiger partial charge >= 0.3 is 0 Å². The van der Waals surface area contributed by atoms with Crippen molar-refractivity contribution in [1.82, 2.24) is 0 Å². The minimum absolute atomic E-state index is 0.0394. The van der Waals surface area contributed by atoms with E-state index in [-0.39, 0.29) is 18.3 Å². The Bertz CT molecular complexity index is 287. The fourth-order valence-corrected chi connectivity index (χ4v) is 1.69. The van der Waals surface area contributed by atoms with E-state index in [2.05, 4.69) is 18.0 Å². The van der Waals surface area contributed by atoms with Crippen LogP contribution in [-0.4, -0.2) is 37.2 Å². The van der Waals surface area contributed by atoms with Crippen molar-refractivity contribution in [3.63, 3.8) is 0 Å². The lowest BCUT2D eigenvalue weighted by atomic mass is 10.1. The SMILES string of the molecule is C#CC1=NO[C@H]([C@H]2CO[C@H](CC)CO2)C1. The van der Waals surface area contributed by atoms with Gasteiger partial charge in [-0.3, -0.25) is 0 Å². The minimum atomic E-state index is -0.0751. The molecule has 82 valence electrons. The number of ether oxygens (including phenoxy) is 2. The van der Waals surface area contributed by atoms with E-state index in [0.717, 1.165) is 6.42 Å². The van der Waals surface area contributed by atoms with Crippen LogP contribution in [0.3, 0.4) is 0 Å². The van der Waals surface area contributed by atoms with Crippen molar-refractivity contribution in [2.24, 2.45) is 5.16 Å². The summed E-state index contributed by atoms with van der Waals surface area (Å²) in [5.41, 5.74) is 0.654. The van der Waals surface area contributed by atoms with Gasteiger partial charge in [0.05, 0.1) is 19.3 Å². The number of nitrogens with zero attached hydrogens (tertiary/aromatic N) is 1. The molecule has 0 bridgehead atoms. The van der Waals surface area contributed by atoms with Crippen LogP contribution in [0.25, 0.3) is 0 Å². The number of hydrogen-bond donors (Lipinski definition) is 0. The molecular formula is C11H15NO3. The Labute approximate surface area is 89.6 Å². The second kappa shape index (κ2) is 4.65. The molecule has 0 unspecified atom stereocenters. The van der Waals surface area contributed by atoms with E-state index < -0.39 is 0 Å². The molecule has 0 amide bonds. The van der Waals surface area contributed by atoms with Crippen molar-refractivity contribution >= 4 is 5.71 Å². The summed E-state index contributed by atoms with van der Waals surface area (Å²) in [5, 5.41) is 3.79. The van der Waals surface area contributed by atoms with E-state index in [1.807, 2.05) is 0 Å². The van der Waals surface area contributed by atoms with Crippen LogP contribution >= 0.6 is 0 Å². The molecule has 2 heterocycles. The van der Waals surface area contributed by atoms with E-state index in [1.54, 1.807) is 0 Å².